The Morgan fingerprint density at radius 3 is 0.957 bits per heavy atom. The van der Waals surface area contributed by atoms with Crippen molar-refractivity contribution in [3.05, 3.63) is 157 Å². The van der Waals surface area contributed by atoms with Crippen molar-refractivity contribution >= 4 is 86.5 Å². The number of likely N-dealkylation sites (tertiary alicyclic amines) is 3. The minimum Gasteiger partial charge on any atom is -0.390 e. The number of aliphatic hydroxyl groups excluding tert-OH is 3. The standard InChI is InChI=1S/C52H52N6O9S3/c59-40-13-19-56(43(62)25-31-16-22-68-28-31)47(40)50(65)53-37-7-1-34(2-8-37)46(35-3-9-38(10-4-35)54-51(66)48-41(60)14-20-57(48)44(63)26-32-17-23-69-29-32)36-5-11-39(12-6-36)55-52(67)49-42(61)15-21-58(49)45(64)27-33-18-24-70-30-33/h1-12,16-18,22-24,28-30,40-42,46-49,59-61H,13-15,19-21,25-27H2,(H,53,65)(H,54,66)(H,55,67)/t40?,41?,42?,46?,47-,48-,49-/m1/s1. The number of nitrogens with zero attached hydrogens (tertiary/aromatic N) is 3. The topological polar surface area (TPSA) is 209 Å². The van der Waals surface area contributed by atoms with Gasteiger partial charge in [0, 0.05) is 42.6 Å². The first-order valence-electron chi connectivity index (χ1n) is 23.1. The van der Waals surface area contributed by atoms with E-state index in [1.54, 1.807) is 36.4 Å². The van der Waals surface area contributed by atoms with Crippen molar-refractivity contribution in [1.29, 1.82) is 0 Å². The Morgan fingerprint density at radius 2 is 0.714 bits per heavy atom. The molecule has 6 N–H and O–H groups in total. The van der Waals surface area contributed by atoms with Crippen LogP contribution in [0.5, 0.6) is 0 Å². The molecule has 70 heavy (non-hydrogen) atoms. The third-order valence-electron chi connectivity index (χ3n) is 13.2. The summed E-state index contributed by atoms with van der Waals surface area (Å²) in [7, 11) is 0. The lowest BCUT2D eigenvalue weighted by atomic mass is 9.85. The molecule has 0 spiro atoms. The van der Waals surface area contributed by atoms with Gasteiger partial charge in [0.1, 0.15) is 18.1 Å². The molecule has 0 bridgehead atoms. The second-order valence-corrected chi connectivity index (χ2v) is 20.2. The summed E-state index contributed by atoms with van der Waals surface area (Å²) >= 11 is 4.45. The summed E-state index contributed by atoms with van der Waals surface area (Å²) in [5, 5.41) is 52.5. The average molecular weight is 1000 g/mol. The van der Waals surface area contributed by atoms with E-state index in [4.69, 9.17) is 0 Å². The number of rotatable bonds is 15. The number of hydrogen-bond acceptors (Lipinski definition) is 12. The Kier molecular flexibility index (Phi) is 15.0. The summed E-state index contributed by atoms with van der Waals surface area (Å²) in [6.07, 6.45) is -1.79. The molecule has 3 saturated heterocycles. The first-order chi connectivity index (χ1) is 33.9. The molecular formula is C52H52N6O9S3. The number of thiophene rings is 3. The highest BCUT2D eigenvalue weighted by Crippen LogP contribution is 2.35. The second-order valence-electron chi connectivity index (χ2n) is 17.9. The summed E-state index contributed by atoms with van der Waals surface area (Å²) in [6, 6.07) is 24.1. The zero-order valence-electron chi connectivity index (χ0n) is 37.9. The molecule has 6 heterocycles. The molecule has 3 aliphatic heterocycles. The average Bonchev–Trinajstić information content (AvgIpc) is 4.22. The highest BCUT2D eigenvalue weighted by atomic mass is 32.1. The Bertz CT molecular complexity index is 2480. The van der Waals surface area contributed by atoms with Crippen molar-refractivity contribution in [3.8, 4) is 0 Å². The number of hydrogen-bond donors (Lipinski definition) is 6. The summed E-state index contributed by atoms with van der Waals surface area (Å²) < 4.78 is 0. The number of anilines is 3. The molecule has 6 atom stereocenters. The molecule has 362 valence electrons. The second kappa shape index (κ2) is 21.6. The van der Waals surface area contributed by atoms with Crippen LogP contribution in [0, 0.1) is 0 Å². The van der Waals surface area contributed by atoms with Crippen LogP contribution in [0.1, 0.15) is 58.6 Å². The van der Waals surface area contributed by atoms with Crippen LogP contribution in [0.15, 0.2) is 123 Å². The van der Waals surface area contributed by atoms with Gasteiger partial charge in [-0.15, -0.1) is 0 Å². The predicted molar refractivity (Wildman–Crippen MR) is 269 cm³/mol. The lowest BCUT2D eigenvalue weighted by molar-refractivity contribution is -0.138. The molecule has 6 aromatic rings. The molecule has 15 nitrogen and oxygen atoms in total. The van der Waals surface area contributed by atoms with Gasteiger partial charge in [0.25, 0.3) is 0 Å². The SMILES string of the molecule is O=C(Nc1ccc(C(c2ccc(NC(=O)[C@H]3C(O)CCN3C(=O)Cc3ccsc3)cc2)c2ccc(NC(=O)[C@H]3C(O)CCN3C(=O)Cc3ccsc3)cc2)cc1)[C@H]1C(O)CCN1C(=O)Cc1ccsc1. The molecule has 0 aliphatic carbocycles. The quantitative estimate of drug-likeness (QED) is 0.0720. The van der Waals surface area contributed by atoms with E-state index in [2.05, 4.69) is 16.0 Å². The van der Waals surface area contributed by atoms with Crippen LogP contribution in [0.2, 0.25) is 0 Å². The third kappa shape index (κ3) is 10.9. The molecular weight excluding hydrogens is 949 g/mol. The predicted octanol–water partition coefficient (Wildman–Crippen LogP) is 5.48. The van der Waals surface area contributed by atoms with Crippen LogP contribution in [-0.2, 0) is 48.0 Å². The van der Waals surface area contributed by atoms with E-state index in [1.807, 2.05) is 86.9 Å². The minimum absolute atomic E-state index is 0.135. The third-order valence-corrected chi connectivity index (χ3v) is 15.4. The van der Waals surface area contributed by atoms with Crippen molar-refractivity contribution in [1.82, 2.24) is 14.7 Å². The van der Waals surface area contributed by atoms with Gasteiger partial charge in [-0.2, -0.15) is 34.0 Å². The van der Waals surface area contributed by atoms with Gasteiger partial charge in [-0.1, -0.05) is 36.4 Å². The molecule has 0 radical (unpaired) electrons. The lowest BCUT2D eigenvalue weighted by Gasteiger charge is -2.26. The maximum Gasteiger partial charge on any atom is 0.249 e. The van der Waals surface area contributed by atoms with E-state index < -0.39 is 60.1 Å². The van der Waals surface area contributed by atoms with Gasteiger partial charge in [0.2, 0.25) is 35.4 Å². The fourth-order valence-electron chi connectivity index (χ4n) is 9.63. The Morgan fingerprint density at radius 1 is 0.443 bits per heavy atom. The fourth-order valence-corrected chi connectivity index (χ4v) is 11.6. The van der Waals surface area contributed by atoms with E-state index in [0.29, 0.717) is 17.1 Å². The number of carbonyl (C=O) groups is 6. The maximum atomic E-state index is 13.7. The molecule has 3 unspecified atom stereocenters. The number of amides is 6. The van der Waals surface area contributed by atoms with E-state index in [1.165, 1.54) is 48.7 Å². The Labute approximate surface area is 416 Å². The van der Waals surface area contributed by atoms with Gasteiger partial charge < -0.3 is 46.0 Å². The van der Waals surface area contributed by atoms with E-state index in [9.17, 15) is 44.1 Å². The van der Waals surface area contributed by atoms with E-state index in [0.717, 1.165) is 33.4 Å². The summed E-state index contributed by atoms with van der Waals surface area (Å²) in [6.45, 7) is 0.795. The van der Waals surface area contributed by atoms with Crippen LogP contribution in [0.4, 0.5) is 17.1 Å². The zero-order valence-corrected chi connectivity index (χ0v) is 40.3. The molecule has 9 rings (SSSR count). The van der Waals surface area contributed by atoms with Gasteiger partial charge in [0.15, 0.2) is 0 Å². The highest BCUT2D eigenvalue weighted by Gasteiger charge is 2.43. The smallest absolute Gasteiger partial charge is 0.249 e. The first kappa shape index (κ1) is 48.5. The summed E-state index contributed by atoms with van der Waals surface area (Å²) in [4.78, 5) is 85.0. The van der Waals surface area contributed by atoms with Crippen LogP contribution in [-0.4, -0.2) is 122 Å². The molecule has 3 aliphatic rings. The van der Waals surface area contributed by atoms with Crippen molar-refractivity contribution in [3.63, 3.8) is 0 Å². The summed E-state index contributed by atoms with van der Waals surface area (Å²) in [5.41, 5.74) is 6.39. The van der Waals surface area contributed by atoms with Crippen LogP contribution in [0.25, 0.3) is 0 Å². The molecule has 18 heteroatoms. The molecule has 6 amide bonds. The molecule has 3 aromatic heterocycles. The van der Waals surface area contributed by atoms with Gasteiger partial charge >= 0.3 is 0 Å². The molecule has 3 aromatic carbocycles. The van der Waals surface area contributed by atoms with Crippen molar-refractivity contribution in [2.45, 2.75) is 80.9 Å². The monoisotopic (exact) mass is 1000 g/mol. The van der Waals surface area contributed by atoms with Crippen LogP contribution < -0.4 is 16.0 Å². The lowest BCUT2D eigenvalue weighted by Crippen LogP contribution is -2.48. The van der Waals surface area contributed by atoms with Gasteiger partial charge in [-0.3, -0.25) is 28.8 Å². The minimum atomic E-state index is -1.05. The van der Waals surface area contributed by atoms with Gasteiger partial charge in [0.05, 0.1) is 37.6 Å². The van der Waals surface area contributed by atoms with Crippen LogP contribution in [0.3, 0.4) is 0 Å². The Hall–Kier alpha value is -6.54. The molecule has 3 fully saturated rings. The number of benzene rings is 3. The van der Waals surface area contributed by atoms with Crippen LogP contribution >= 0.6 is 34.0 Å². The van der Waals surface area contributed by atoms with E-state index >= 15 is 0 Å². The largest absolute Gasteiger partial charge is 0.390 e. The zero-order chi connectivity index (χ0) is 48.9. The van der Waals surface area contributed by atoms with E-state index in [-0.39, 0.29) is 75.9 Å². The van der Waals surface area contributed by atoms with Gasteiger partial charge in [-0.05, 0) is 140 Å². The van der Waals surface area contributed by atoms with Gasteiger partial charge in [-0.25, -0.2) is 0 Å². The normalized spacial score (nSPS) is 21.4. The fraction of sp³-hybridized carbons (Fsp3) is 0.308. The highest BCUT2D eigenvalue weighted by molar-refractivity contribution is 7.08. The first-order valence-corrected chi connectivity index (χ1v) is 25.9. The Balaban J connectivity index is 0.928. The number of carbonyl (C=O) groups excluding carboxylic acids is 6. The number of aliphatic hydroxyl groups is 3. The van der Waals surface area contributed by atoms with Crippen molar-refractivity contribution in [2.24, 2.45) is 0 Å². The molecule has 0 saturated carbocycles. The maximum absolute atomic E-state index is 13.7. The van der Waals surface area contributed by atoms with Crippen molar-refractivity contribution < 1.29 is 44.1 Å². The van der Waals surface area contributed by atoms with Crippen molar-refractivity contribution in [2.75, 3.05) is 35.6 Å². The summed E-state index contributed by atoms with van der Waals surface area (Å²) in [5.74, 6) is -2.61. The number of nitrogens with one attached hydrogen (secondary N) is 3.